The molecular weight excluding hydrogens is 349 g/mol. The van der Waals surface area contributed by atoms with Gasteiger partial charge in [-0.2, -0.15) is 13.2 Å². The number of halogens is 3. The van der Waals surface area contributed by atoms with Gasteiger partial charge in [0.25, 0.3) is 0 Å². The number of hydrogen-bond acceptors (Lipinski definition) is 5. The molecule has 26 heavy (non-hydrogen) atoms. The number of rotatable bonds is 2. The molecule has 4 rings (SSSR count). The maximum absolute atomic E-state index is 12.9. The summed E-state index contributed by atoms with van der Waals surface area (Å²) in [5.41, 5.74) is 7.17. The molecule has 2 aliphatic rings. The number of nitrogens with zero attached hydrogens (tertiary/aromatic N) is 4. The summed E-state index contributed by atoms with van der Waals surface area (Å²) in [4.78, 5) is 14.3. The van der Waals surface area contributed by atoms with Crippen LogP contribution in [0.5, 0.6) is 0 Å². The second kappa shape index (κ2) is 6.36. The number of nitrogens with one attached hydrogen (secondary N) is 2. The lowest BCUT2D eigenvalue weighted by Gasteiger charge is -2.29. The lowest BCUT2D eigenvalue weighted by Crippen LogP contribution is -2.48. The fourth-order valence-corrected chi connectivity index (χ4v) is 3.40. The average Bonchev–Trinajstić information content (AvgIpc) is 3.28. The Morgan fingerprint density at radius 2 is 1.88 bits per heavy atom. The quantitative estimate of drug-likeness (QED) is 0.837. The van der Waals surface area contributed by atoms with Crippen LogP contribution >= 0.6 is 0 Å². The number of hydrazine groups is 1. The van der Waals surface area contributed by atoms with E-state index >= 15 is 0 Å². The van der Waals surface area contributed by atoms with Crippen LogP contribution in [0, 0.1) is 0 Å². The summed E-state index contributed by atoms with van der Waals surface area (Å²) >= 11 is 0. The van der Waals surface area contributed by atoms with Crippen LogP contribution in [0.2, 0.25) is 0 Å². The third-order valence-electron chi connectivity index (χ3n) is 4.72. The van der Waals surface area contributed by atoms with Gasteiger partial charge in [-0.1, -0.05) is 30.3 Å². The Balaban J connectivity index is 1.43. The molecule has 2 aliphatic heterocycles. The molecule has 1 saturated heterocycles. The van der Waals surface area contributed by atoms with E-state index in [0.717, 1.165) is 10.1 Å². The van der Waals surface area contributed by atoms with Crippen molar-refractivity contribution in [1.82, 2.24) is 30.5 Å². The van der Waals surface area contributed by atoms with Crippen LogP contribution in [0.3, 0.4) is 0 Å². The summed E-state index contributed by atoms with van der Waals surface area (Å²) in [5, 5.41) is 6.84. The fourth-order valence-electron chi connectivity index (χ4n) is 3.40. The molecule has 0 bridgehead atoms. The van der Waals surface area contributed by atoms with Crippen molar-refractivity contribution < 1.29 is 18.0 Å². The zero-order valence-corrected chi connectivity index (χ0v) is 13.7. The number of benzene rings is 1. The van der Waals surface area contributed by atoms with Crippen molar-refractivity contribution in [2.75, 3.05) is 6.54 Å². The number of hydrogen-bond donors (Lipinski definition) is 2. The Labute approximate surface area is 147 Å². The van der Waals surface area contributed by atoms with E-state index in [2.05, 4.69) is 21.0 Å². The molecule has 3 heterocycles. The molecular formula is C16H17F3N6O. The van der Waals surface area contributed by atoms with Gasteiger partial charge in [0.2, 0.25) is 11.7 Å². The van der Waals surface area contributed by atoms with E-state index < -0.39 is 18.0 Å². The van der Waals surface area contributed by atoms with E-state index in [-0.39, 0.29) is 37.4 Å². The third kappa shape index (κ3) is 3.06. The van der Waals surface area contributed by atoms with Crippen LogP contribution < -0.4 is 10.9 Å². The zero-order chi connectivity index (χ0) is 18.3. The van der Waals surface area contributed by atoms with Crippen molar-refractivity contribution in [3.05, 3.63) is 47.5 Å². The molecule has 2 aromatic rings. The second-order valence-electron chi connectivity index (χ2n) is 6.39. The molecule has 10 heteroatoms. The molecule has 0 aliphatic carbocycles. The minimum Gasteiger partial charge on any atom is -0.332 e. The largest absolute Gasteiger partial charge is 0.451 e. The van der Waals surface area contributed by atoms with Crippen LogP contribution in [0.15, 0.2) is 30.3 Å². The van der Waals surface area contributed by atoms with E-state index in [0.29, 0.717) is 6.42 Å². The first-order valence-electron chi connectivity index (χ1n) is 8.27. The molecule has 2 N–H and O–H groups in total. The van der Waals surface area contributed by atoms with Crippen LogP contribution in [-0.4, -0.2) is 38.2 Å². The molecule has 2 unspecified atom stereocenters. The first kappa shape index (κ1) is 17.0. The highest BCUT2D eigenvalue weighted by Crippen LogP contribution is 2.30. The van der Waals surface area contributed by atoms with Gasteiger partial charge in [-0.25, -0.2) is 10.9 Å². The predicted octanol–water partition coefficient (Wildman–Crippen LogP) is 1.25. The molecule has 138 valence electrons. The monoisotopic (exact) mass is 366 g/mol. The van der Waals surface area contributed by atoms with Crippen molar-refractivity contribution in [2.45, 2.75) is 37.8 Å². The molecule has 0 radical (unpaired) electrons. The molecule has 0 spiro atoms. The molecule has 1 amide bonds. The van der Waals surface area contributed by atoms with Crippen LogP contribution in [-0.2, 0) is 24.1 Å². The van der Waals surface area contributed by atoms with Crippen molar-refractivity contribution in [3.63, 3.8) is 0 Å². The Morgan fingerprint density at radius 1 is 1.12 bits per heavy atom. The van der Waals surface area contributed by atoms with Gasteiger partial charge in [-0.3, -0.25) is 4.79 Å². The van der Waals surface area contributed by atoms with Gasteiger partial charge in [-0.05, 0) is 12.0 Å². The molecule has 1 fully saturated rings. The topological polar surface area (TPSA) is 75.1 Å². The highest BCUT2D eigenvalue weighted by atomic mass is 19.4. The lowest BCUT2D eigenvalue weighted by atomic mass is 10.0. The molecule has 0 saturated carbocycles. The van der Waals surface area contributed by atoms with Crippen LogP contribution in [0.1, 0.15) is 29.7 Å². The number of carbonyl (C=O) groups excluding carboxylic acids is 1. The number of fused-ring (bicyclic) bond motifs is 1. The number of amides is 1. The second-order valence-corrected chi connectivity index (χ2v) is 6.39. The first-order chi connectivity index (χ1) is 12.4. The van der Waals surface area contributed by atoms with E-state index in [1.54, 1.807) is 0 Å². The van der Waals surface area contributed by atoms with Crippen molar-refractivity contribution >= 4 is 5.91 Å². The summed E-state index contributed by atoms with van der Waals surface area (Å²) in [7, 11) is 0. The van der Waals surface area contributed by atoms with Gasteiger partial charge >= 0.3 is 6.18 Å². The van der Waals surface area contributed by atoms with E-state index in [1.165, 1.54) is 4.90 Å². The van der Waals surface area contributed by atoms with E-state index in [4.69, 9.17) is 0 Å². The van der Waals surface area contributed by atoms with Crippen molar-refractivity contribution in [1.29, 1.82) is 0 Å². The normalized spacial score (nSPS) is 23.1. The Bertz CT molecular complexity index is 806. The highest BCUT2D eigenvalue weighted by Gasteiger charge is 2.41. The Morgan fingerprint density at radius 3 is 2.62 bits per heavy atom. The van der Waals surface area contributed by atoms with Gasteiger partial charge in [0, 0.05) is 19.1 Å². The van der Waals surface area contributed by atoms with E-state index in [9.17, 15) is 18.0 Å². The predicted molar refractivity (Wildman–Crippen MR) is 84.3 cm³/mol. The molecule has 1 aromatic heterocycles. The van der Waals surface area contributed by atoms with Gasteiger partial charge in [0.1, 0.15) is 6.04 Å². The lowest BCUT2D eigenvalue weighted by molar-refractivity contribution is -0.148. The molecule has 1 aromatic carbocycles. The highest BCUT2D eigenvalue weighted by molar-refractivity contribution is 5.82. The first-order valence-corrected chi connectivity index (χ1v) is 8.27. The fraction of sp³-hybridized carbons (Fsp3) is 0.438. The number of alkyl halides is 3. The minimum atomic E-state index is -4.54. The summed E-state index contributed by atoms with van der Waals surface area (Å²) in [6.45, 7) is 0.252. The standard InChI is InChI=1S/C16H17F3N6O/c17-16(18,19)15-23-22-13-9-24(6-7-25(13)15)14(26)12-8-11(20-21-12)10-4-2-1-3-5-10/h1-5,11-12,20-21H,6-9H2. The number of carbonyl (C=O) groups is 1. The maximum Gasteiger partial charge on any atom is 0.451 e. The van der Waals surface area contributed by atoms with Gasteiger partial charge in [0.05, 0.1) is 6.54 Å². The van der Waals surface area contributed by atoms with Crippen molar-refractivity contribution in [2.24, 2.45) is 0 Å². The SMILES string of the molecule is O=C(C1CC(c2ccccc2)NN1)N1CCn2c(nnc2C(F)(F)F)C1. The van der Waals surface area contributed by atoms with E-state index in [1.807, 2.05) is 30.3 Å². The Hall–Kier alpha value is -2.46. The smallest absolute Gasteiger partial charge is 0.332 e. The van der Waals surface area contributed by atoms with Gasteiger partial charge in [0.15, 0.2) is 5.82 Å². The molecule has 2 atom stereocenters. The van der Waals surface area contributed by atoms with Crippen LogP contribution in [0.4, 0.5) is 13.2 Å². The molecule has 7 nitrogen and oxygen atoms in total. The summed E-state index contributed by atoms with van der Waals surface area (Å²) < 4.78 is 39.7. The zero-order valence-electron chi connectivity index (χ0n) is 13.7. The third-order valence-corrected chi connectivity index (χ3v) is 4.72. The Kier molecular flexibility index (Phi) is 4.16. The van der Waals surface area contributed by atoms with Gasteiger partial charge < -0.3 is 9.47 Å². The summed E-state index contributed by atoms with van der Waals surface area (Å²) in [6, 6.07) is 9.33. The van der Waals surface area contributed by atoms with Gasteiger partial charge in [-0.15, -0.1) is 10.2 Å². The maximum atomic E-state index is 12.9. The van der Waals surface area contributed by atoms with Crippen molar-refractivity contribution in [3.8, 4) is 0 Å². The average molecular weight is 366 g/mol. The number of aromatic nitrogens is 3. The van der Waals surface area contributed by atoms with Crippen LogP contribution in [0.25, 0.3) is 0 Å². The summed E-state index contributed by atoms with van der Waals surface area (Å²) in [6.07, 6.45) is -3.98. The minimum absolute atomic E-state index is 0.00965. The summed E-state index contributed by atoms with van der Waals surface area (Å²) in [5.74, 6) is -1.01.